The van der Waals surface area contributed by atoms with E-state index in [1.54, 1.807) is 0 Å². The summed E-state index contributed by atoms with van der Waals surface area (Å²) < 4.78 is 11.6. The van der Waals surface area contributed by atoms with Gasteiger partial charge in [0.15, 0.2) is 0 Å². The molecular formula is C16H25NO2. The maximum atomic E-state index is 6.04. The maximum absolute atomic E-state index is 6.04. The van der Waals surface area contributed by atoms with Crippen molar-refractivity contribution in [2.45, 2.75) is 45.1 Å². The molecule has 0 amide bonds. The second-order valence-corrected chi connectivity index (χ2v) is 5.23. The summed E-state index contributed by atoms with van der Waals surface area (Å²) in [5.41, 5.74) is 8.35. The lowest BCUT2D eigenvalue weighted by molar-refractivity contribution is -0.0428. The van der Waals surface area contributed by atoms with Crippen LogP contribution < -0.4 is 10.5 Å². The summed E-state index contributed by atoms with van der Waals surface area (Å²) in [6.07, 6.45) is 3.91. The molecule has 2 rings (SSSR count). The molecule has 106 valence electrons. The zero-order chi connectivity index (χ0) is 13.7. The van der Waals surface area contributed by atoms with Crippen molar-refractivity contribution in [1.29, 1.82) is 0 Å². The van der Waals surface area contributed by atoms with Gasteiger partial charge in [0.05, 0.1) is 18.8 Å². The SMILES string of the molecule is CCC(CC)(CN)OCCc1ccc2c(c1)CCO2. The number of fused-ring (bicyclic) bond motifs is 1. The van der Waals surface area contributed by atoms with Gasteiger partial charge in [-0.15, -0.1) is 0 Å². The first-order valence-electron chi connectivity index (χ1n) is 7.31. The lowest BCUT2D eigenvalue weighted by Crippen LogP contribution is -2.40. The first-order valence-corrected chi connectivity index (χ1v) is 7.31. The predicted octanol–water partition coefficient (Wildman–Crippen LogP) is 2.70. The Labute approximate surface area is 116 Å². The van der Waals surface area contributed by atoms with Gasteiger partial charge in [-0.25, -0.2) is 0 Å². The fourth-order valence-corrected chi connectivity index (χ4v) is 2.58. The average Bonchev–Trinajstić information content (AvgIpc) is 2.92. The van der Waals surface area contributed by atoms with Gasteiger partial charge in [-0.3, -0.25) is 0 Å². The topological polar surface area (TPSA) is 44.5 Å². The smallest absolute Gasteiger partial charge is 0.122 e. The number of benzene rings is 1. The highest BCUT2D eigenvalue weighted by Crippen LogP contribution is 2.26. The molecule has 0 fully saturated rings. The van der Waals surface area contributed by atoms with Gasteiger partial charge in [-0.05, 0) is 36.5 Å². The largest absolute Gasteiger partial charge is 0.493 e. The molecule has 1 aliphatic heterocycles. The minimum atomic E-state index is -0.139. The quantitative estimate of drug-likeness (QED) is 0.822. The van der Waals surface area contributed by atoms with Crippen LogP contribution in [0.15, 0.2) is 18.2 Å². The molecule has 0 aromatic heterocycles. The molecule has 0 radical (unpaired) electrons. The molecular weight excluding hydrogens is 238 g/mol. The Balaban J connectivity index is 1.89. The first-order chi connectivity index (χ1) is 9.23. The Kier molecular flexibility index (Phi) is 4.83. The summed E-state index contributed by atoms with van der Waals surface area (Å²) >= 11 is 0. The van der Waals surface area contributed by atoms with Crippen LogP contribution in [-0.2, 0) is 17.6 Å². The Bertz CT molecular complexity index is 405. The van der Waals surface area contributed by atoms with Crippen molar-refractivity contribution in [1.82, 2.24) is 0 Å². The van der Waals surface area contributed by atoms with E-state index in [-0.39, 0.29) is 5.60 Å². The third-order valence-electron chi connectivity index (χ3n) is 4.21. The molecule has 0 atom stereocenters. The highest BCUT2D eigenvalue weighted by Gasteiger charge is 2.24. The maximum Gasteiger partial charge on any atom is 0.122 e. The zero-order valence-corrected chi connectivity index (χ0v) is 12.1. The molecule has 3 heteroatoms. The van der Waals surface area contributed by atoms with Gasteiger partial charge >= 0.3 is 0 Å². The third kappa shape index (κ3) is 3.28. The van der Waals surface area contributed by atoms with Crippen molar-refractivity contribution in [2.75, 3.05) is 19.8 Å². The number of hydrogen-bond donors (Lipinski definition) is 1. The van der Waals surface area contributed by atoms with Crippen LogP contribution in [0.5, 0.6) is 5.75 Å². The summed E-state index contributed by atoms with van der Waals surface area (Å²) in [6, 6.07) is 6.46. The lowest BCUT2D eigenvalue weighted by Gasteiger charge is -2.30. The number of ether oxygens (including phenoxy) is 2. The highest BCUT2D eigenvalue weighted by molar-refractivity contribution is 5.39. The molecule has 1 aromatic rings. The minimum absolute atomic E-state index is 0.139. The molecule has 0 saturated carbocycles. The van der Waals surface area contributed by atoms with Gasteiger partial charge in [0.25, 0.3) is 0 Å². The molecule has 3 nitrogen and oxygen atoms in total. The van der Waals surface area contributed by atoms with E-state index in [2.05, 4.69) is 32.0 Å². The van der Waals surface area contributed by atoms with Crippen molar-refractivity contribution in [3.8, 4) is 5.75 Å². The Morgan fingerprint density at radius 1 is 1.32 bits per heavy atom. The van der Waals surface area contributed by atoms with Crippen LogP contribution in [0.2, 0.25) is 0 Å². The van der Waals surface area contributed by atoms with Gasteiger partial charge in [-0.1, -0.05) is 26.0 Å². The normalized spacial score (nSPS) is 14.3. The minimum Gasteiger partial charge on any atom is -0.493 e. The van der Waals surface area contributed by atoms with Crippen molar-refractivity contribution >= 4 is 0 Å². The Hall–Kier alpha value is -1.06. The van der Waals surface area contributed by atoms with Crippen molar-refractivity contribution in [3.05, 3.63) is 29.3 Å². The van der Waals surface area contributed by atoms with E-state index >= 15 is 0 Å². The molecule has 0 aliphatic carbocycles. The second-order valence-electron chi connectivity index (χ2n) is 5.23. The summed E-state index contributed by atoms with van der Waals surface area (Å²) in [7, 11) is 0. The summed E-state index contributed by atoms with van der Waals surface area (Å²) in [4.78, 5) is 0. The van der Waals surface area contributed by atoms with Gasteiger partial charge in [0.1, 0.15) is 5.75 Å². The third-order valence-corrected chi connectivity index (χ3v) is 4.21. The number of rotatable bonds is 7. The Morgan fingerprint density at radius 3 is 2.79 bits per heavy atom. The van der Waals surface area contributed by atoms with Crippen LogP contribution >= 0.6 is 0 Å². The van der Waals surface area contributed by atoms with Crippen LogP contribution in [0.1, 0.15) is 37.8 Å². The van der Waals surface area contributed by atoms with Gasteiger partial charge in [-0.2, -0.15) is 0 Å². The van der Waals surface area contributed by atoms with Crippen LogP contribution in [0.4, 0.5) is 0 Å². The summed E-state index contributed by atoms with van der Waals surface area (Å²) in [5, 5.41) is 0. The zero-order valence-electron chi connectivity index (χ0n) is 12.1. The summed E-state index contributed by atoms with van der Waals surface area (Å²) in [6.45, 7) is 6.43. The van der Waals surface area contributed by atoms with E-state index in [0.717, 1.165) is 44.6 Å². The van der Waals surface area contributed by atoms with Crippen LogP contribution in [0, 0.1) is 0 Å². The van der Waals surface area contributed by atoms with E-state index in [1.807, 2.05) is 0 Å². The van der Waals surface area contributed by atoms with Gasteiger partial charge in [0.2, 0.25) is 0 Å². The van der Waals surface area contributed by atoms with Crippen LogP contribution in [0.25, 0.3) is 0 Å². The van der Waals surface area contributed by atoms with E-state index in [9.17, 15) is 0 Å². The summed E-state index contributed by atoms with van der Waals surface area (Å²) in [5.74, 6) is 1.04. The highest BCUT2D eigenvalue weighted by atomic mass is 16.5. The standard InChI is InChI=1S/C16H25NO2/c1-3-16(4-2,12-17)19-10-7-13-5-6-15-14(11-13)8-9-18-15/h5-6,11H,3-4,7-10,12,17H2,1-2H3. The molecule has 1 aromatic carbocycles. The molecule has 19 heavy (non-hydrogen) atoms. The fourth-order valence-electron chi connectivity index (χ4n) is 2.58. The number of nitrogens with two attached hydrogens (primary N) is 1. The second kappa shape index (κ2) is 6.40. The van der Waals surface area contributed by atoms with E-state index in [0.29, 0.717) is 6.54 Å². The first kappa shape index (κ1) is 14.4. The average molecular weight is 263 g/mol. The Morgan fingerprint density at radius 2 is 2.11 bits per heavy atom. The van der Waals surface area contributed by atoms with E-state index in [1.165, 1.54) is 11.1 Å². The van der Waals surface area contributed by atoms with E-state index < -0.39 is 0 Å². The van der Waals surface area contributed by atoms with Crippen LogP contribution in [-0.4, -0.2) is 25.4 Å². The van der Waals surface area contributed by atoms with Crippen molar-refractivity contribution in [3.63, 3.8) is 0 Å². The number of hydrogen-bond acceptors (Lipinski definition) is 3. The van der Waals surface area contributed by atoms with Crippen LogP contribution in [0.3, 0.4) is 0 Å². The molecule has 1 aliphatic rings. The fraction of sp³-hybridized carbons (Fsp3) is 0.625. The van der Waals surface area contributed by atoms with Gasteiger partial charge in [0, 0.05) is 13.0 Å². The monoisotopic (exact) mass is 263 g/mol. The van der Waals surface area contributed by atoms with Crippen molar-refractivity contribution in [2.24, 2.45) is 5.73 Å². The molecule has 0 bridgehead atoms. The van der Waals surface area contributed by atoms with Crippen molar-refractivity contribution < 1.29 is 9.47 Å². The lowest BCUT2D eigenvalue weighted by atomic mass is 9.97. The van der Waals surface area contributed by atoms with E-state index in [4.69, 9.17) is 15.2 Å². The molecule has 2 N–H and O–H groups in total. The van der Waals surface area contributed by atoms with Gasteiger partial charge < -0.3 is 15.2 Å². The predicted molar refractivity (Wildman–Crippen MR) is 77.7 cm³/mol. The molecule has 0 unspecified atom stereocenters. The molecule has 1 heterocycles. The molecule has 0 spiro atoms. The molecule has 0 saturated heterocycles.